The quantitative estimate of drug-likeness (QED) is 0.553. The van der Waals surface area contributed by atoms with Gasteiger partial charge in [0.2, 0.25) is 0 Å². The highest BCUT2D eigenvalue weighted by atomic mass is 19.4. The number of amides is 1. The lowest BCUT2D eigenvalue weighted by Crippen LogP contribution is -2.23. The van der Waals surface area contributed by atoms with Gasteiger partial charge in [-0.05, 0) is 42.0 Å². The van der Waals surface area contributed by atoms with Crippen LogP contribution in [0.5, 0.6) is 0 Å². The number of nitrogens with zero attached hydrogens (tertiary/aromatic N) is 1. The maximum Gasteiger partial charge on any atom is 0.433 e. The molecule has 0 saturated heterocycles. The molecule has 1 heterocycles. The number of benzene rings is 2. The number of carboxylic acid groups (broad SMARTS) is 1. The summed E-state index contributed by atoms with van der Waals surface area (Å²) in [6, 6.07) is 14.7. The number of pyridine rings is 1. The summed E-state index contributed by atoms with van der Waals surface area (Å²) in [4.78, 5) is 26.8. The van der Waals surface area contributed by atoms with Crippen molar-refractivity contribution < 1.29 is 27.9 Å². The molecule has 0 unspecified atom stereocenters. The first-order valence-corrected chi connectivity index (χ1v) is 8.74. The fourth-order valence-corrected chi connectivity index (χ4v) is 2.65. The molecule has 154 valence electrons. The second kappa shape index (κ2) is 8.64. The summed E-state index contributed by atoms with van der Waals surface area (Å²) in [5, 5.41) is 14.4. The Morgan fingerprint density at radius 2 is 1.70 bits per heavy atom. The van der Waals surface area contributed by atoms with E-state index in [1.54, 1.807) is 30.3 Å². The molecule has 0 aliphatic carbocycles. The molecule has 0 radical (unpaired) electrons. The van der Waals surface area contributed by atoms with Crippen molar-refractivity contribution >= 4 is 23.3 Å². The molecule has 3 rings (SSSR count). The molecule has 0 atom stereocenters. The van der Waals surface area contributed by atoms with Gasteiger partial charge in [0.25, 0.3) is 5.91 Å². The summed E-state index contributed by atoms with van der Waals surface area (Å²) >= 11 is 0. The molecule has 3 N–H and O–H groups in total. The zero-order valence-electron chi connectivity index (χ0n) is 15.4. The van der Waals surface area contributed by atoms with E-state index in [1.165, 1.54) is 24.3 Å². The van der Waals surface area contributed by atoms with Gasteiger partial charge in [0.15, 0.2) is 0 Å². The molecule has 0 aliphatic rings. The lowest BCUT2D eigenvalue weighted by atomic mass is 10.1. The molecule has 0 aliphatic heterocycles. The zero-order chi connectivity index (χ0) is 21.7. The second-order valence-electron chi connectivity index (χ2n) is 6.28. The van der Waals surface area contributed by atoms with Crippen LogP contribution >= 0.6 is 0 Å². The maximum absolute atomic E-state index is 12.9. The molecule has 0 fully saturated rings. The molecule has 30 heavy (non-hydrogen) atoms. The van der Waals surface area contributed by atoms with Gasteiger partial charge in [-0.2, -0.15) is 13.2 Å². The van der Waals surface area contributed by atoms with Crippen LogP contribution in [0.3, 0.4) is 0 Å². The van der Waals surface area contributed by atoms with Gasteiger partial charge in [-0.1, -0.05) is 24.3 Å². The van der Waals surface area contributed by atoms with Gasteiger partial charge in [-0.25, -0.2) is 4.79 Å². The van der Waals surface area contributed by atoms with E-state index in [1.807, 2.05) is 0 Å². The highest BCUT2D eigenvalue weighted by Gasteiger charge is 2.32. The Morgan fingerprint density at radius 1 is 1.00 bits per heavy atom. The Bertz CT molecular complexity index is 1070. The number of hydrogen-bond acceptors (Lipinski definition) is 4. The van der Waals surface area contributed by atoms with Gasteiger partial charge in [-0.15, -0.1) is 0 Å². The van der Waals surface area contributed by atoms with Crippen molar-refractivity contribution in [3.05, 3.63) is 89.2 Å². The third-order valence-electron chi connectivity index (χ3n) is 4.16. The van der Waals surface area contributed by atoms with E-state index in [9.17, 15) is 22.8 Å². The van der Waals surface area contributed by atoms with E-state index in [0.29, 0.717) is 11.3 Å². The molecule has 3 aromatic rings. The smallest absolute Gasteiger partial charge is 0.433 e. The largest absolute Gasteiger partial charge is 0.478 e. The topological polar surface area (TPSA) is 91.3 Å². The van der Waals surface area contributed by atoms with Crippen LogP contribution in [0, 0.1) is 0 Å². The number of aromatic nitrogens is 1. The summed E-state index contributed by atoms with van der Waals surface area (Å²) in [5.41, 5.74) is 0.500. The van der Waals surface area contributed by atoms with Crippen molar-refractivity contribution in [3.63, 3.8) is 0 Å². The summed E-state index contributed by atoms with van der Waals surface area (Å²) in [6.45, 7) is 0.153. The maximum atomic E-state index is 12.9. The van der Waals surface area contributed by atoms with Gasteiger partial charge >= 0.3 is 12.1 Å². The van der Waals surface area contributed by atoms with Crippen LogP contribution in [0.15, 0.2) is 66.9 Å². The molecule has 9 heteroatoms. The third kappa shape index (κ3) is 5.13. The minimum absolute atomic E-state index is 0.134. The van der Waals surface area contributed by atoms with Crippen LogP contribution in [-0.4, -0.2) is 22.0 Å². The predicted molar refractivity (Wildman–Crippen MR) is 104 cm³/mol. The molecule has 0 spiro atoms. The summed E-state index contributed by atoms with van der Waals surface area (Å²) in [7, 11) is 0. The van der Waals surface area contributed by atoms with Gasteiger partial charge in [0.1, 0.15) is 5.69 Å². The minimum atomic E-state index is -4.58. The van der Waals surface area contributed by atoms with Crippen molar-refractivity contribution in [1.82, 2.24) is 10.3 Å². The van der Waals surface area contributed by atoms with Gasteiger partial charge in [-0.3, -0.25) is 9.78 Å². The fraction of sp³-hybridized carbons (Fsp3) is 0.0952. The number of carbonyl (C=O) groups excluding carboxylic acids is 1. The van der Waals surface area contributed by atoms with Gasteiger partial charge in [0, 0.05) is 18.4 Å². The second-order valence-corrected chi connectivity index (χ2v) is 6.28. The van der Waals surface area contributed by atoms with Crippen molar-refractivity contribution in [3.8, 4) is 0 Å². The number of para-hydroxylation sites is 1. The van der Waals surface area contributed by atoms with E-state index < -0.39 is 23.7 Å². The average Bonchev–Trinajstić information content (AvgIpc) is 2.72. The molecule has 6 nitrogen and oxygen atoms in total. The first-order valence-electron chi connectivity index (χ1n) is 8.74. The Morgan fingerprint density at radius 3 is 2.37 bits per heavy atom. The number of carbonyl (C=O) groups is 2. The first-order chi connectivity index (χ1) is 14.2. The molecule has 1 aromatic heterocycles. The van der Waals surface area contributed by atoms with E-state index in [2.05, 4.69) is 15.6 Å². The van der Waals surface area contributed by atoms with Gasteiger partial charge in [0.05, 0.1) is 16.8 Å². The average molecular weight is 415 g/mol. The number of nitrogens with one attached hydrogen (secondary N) is 2. The van der Waals surface area contributed by atoms with Crippen LogP contribution < -0.4 is 10.6 Å². The van der Waals surface area contributed by atoms with E-state index in [4.69, 9.17) is 5.11 Å². The number of rotatable bonds is 6. The highest BCUT2D eigenvalue weighted by Crippen LogP contribution is 2.30. The van der Waals surface area contributed by atoms with E-state index in [0.717, 1.165) is 12.3 Å². The zero-order valence-corrected chi connectivity index (χ0v) is 15.4. The van der Waals surface area contributed by atoms with Crippen molar-refractivity contribution in [2.75, 3.05) is 5.32 Å². The minimum Gasteiger partial charge on any atom is -0.478 e. The number of anilines is 2. The lowest BCUT2D eigenvalue weighted by Gasteiger charge is -2.13. The summed E-state index contributed by atoms with van der Waals surface area (Å²) in [6.07, 6.45) is -3.54. The van der Waals surface area contributed by atoms with Crippen LogP contribution in [0.25, 0.3) is 0 Å². The summed E-state index contributed by atoms with van der Waals surface area (Å²) in [5.74, 6) is -1.49. The van der Waals surface area contributed by atoms with Crippen LogP contribution in [0.1, 0.15) is 32.0 Å². The van der Waals surface area contributed by atoms with Gasteiger partial charge < -0.3 is 15.7 Å². The monoisotopic (exact) mass is 415 g/mol. The van der Waals surface area contributed by atoms with Crippen molar-refractivity contribution in [2.45, 2.75) is 12.7 Å². The number of hydrogen-bond donors (Lipinski definition) is 3. The Balaban J connectivity index is 1.73. The molecule has 0 saturated carbocycles. The molecular weight excluding hydrogens is 399 g/mol. The summed E-state index contributed by atoms with van der Waals surface area (Å²) < 4.78 is 38.6. The SMILES string of the molecule is O=C(O)c1ccc(CNC(=O)c2ccccc2Nc2ccnc(C(F)(F)F)c2)cc1. The fourth-order valence-electron chi connectivity index (χ4n) is 2.65. The first kappa shape index (κ1) is 20.8. The number of aromatic carboxylic acids is 1. The molecule has 1 amide bonds. The van der Waals surface area contributed by atoms with E-state index >= 15 is 0 Å². The third-order valence-corrected chi connectivity index (χ3v) is 4.16. The Hall–Kier alpha value is -3.88. The number of carboxylic acids is 1. The van der Waals surface area contributed by atoms with Crippen LogP contribution in [0.2, 0.25) is 0 Å². The Labute approximate surface area is 169 Å². The molecule has 2 aromatic carbocycles. The predicted octanol–water partition coefficient (Wildman–Crippen LogP) is 4.47. The van der Waals surface area contributed by atoms with Crippen molar-refractivity contribution in [1.29, 1.82) is 0 Å². The molecule has 0 bridgehead atoms. The molecular formula is C21H16F3N3O3. The normalized spacial score (nSPS) is 11.0. The highest BCUT2D eigenvalue weighted by molar-refractivity contribution is 6.00. The van der Waals surface area contributed by atoms with E-state index in [-0.39, 0.29) is 23.4 Å². The van der Waals surface area contributed by atoms with Crippen LogP contribution in [-0.2, 0) is 12.7 Å². The number of alkyl halides is 3. The standard InChI is InChI=1S/C21H16F3N3O3/c22-21(23,24)18-11-15(9-10-25-18)27-17-4-2-1-3-16(17)19(28)26-12-13-5-7-14(8-6-13)20(29)30/h1-11H,12H2,(H,25,27)(H,26,28)(H,29,30). The Kier molecular flexibility index (Phi) is 6.01. The van der Waals surface area contributed by atoms with Crippen molar-refractivity contribution in [2.24, 2.45) is 0 Å². The lowest BCUT2D eigenvalue weighted by molar-refractivity contribution is -0.141. The van der Waals surface area contributed by atoms with Crippen LogP contribution in [0.4, 0.5) is 24.5 Å². The number of halogens is 3.